The monoisotopic (exact) mass is 456 g/mol. The first kappa shape index (κ1) is 24.5. The van der Waals surface area contributed by atoms with Crippen LogP contribution in [0.3, 0.4) is 0 Å². The summed E-state index contributed by atoms with van der Waals surface area (Å²) in [5.74, 6) is 1.45. The molecule has 0 amide bonds. The maximum absolute atomic E-state index is 3.55. The van der Waals surface area contributed by atoms with E-state index in [0.29, 0.717) is 0 Å². The quantitative estimate of drug-likeness (QED) is 0.407. The number of benzene rings is 2. The zero-order chi connectivity index (χ0) is 17.3. The molecule has 0 radical (unpaired) electrons. The van der Waals surface area contributed by atoms with Crippen LogP contribution in [-0.2, 0) is 21.7 Å². The van der Waals surface area contributed by atoms with Gasteiger partial charge in [0.1, 0.15) is 0 Å². The molecule has 2 unspecified atom stereocenters. The average Bonchev–Trinajstić information content (AvgIpc) is 3.27. The minimum Gasteiger partial charge on any atom is -1.00 e. The Balaban J connectivity index is 0.000000187. The summed E-state index contributed by atoms with van der Waals surface area (Å²) in [5, 5.41) is 0. The van der Waals surface area contributed by atoms with Crippen LogP contribution in [-0.4, -0.2) is 0 Å². The van der Waals surface area contributed by atoms with Crippen LogP contribution in [0.4, 0.5) is 0 Å². The number of allylic oxidation sites excluding steroid dienone is 2. The van der Waals surface area contributed by atoms with Gasteiger partial charge in [-0.2, -0.15) is 35.4 Å². The molecule has 4 aliphatic carbocycles. The molecule has 3 heteroatoms. The smallest absolute Gasteiger partial charge is 1.00 e. The van der Waals surface area contributed by atoms with Gasteiger partial charge in [0.2, 0.25) is 0 Å². The van der Waals surface area contributed by atoms with Gasteiger partial charge in [-0.15, -0.1) is 46.5 Å². The molecule has 0 nitrogen and oxygen atoms in total. The molecule has 0 spiro atoms. The summed E-state index contributed by atoms with van der Waals surface area (Å²) < 4.78 is 0. The van der Waals surface area contributed by atoms with Crippen molar-refractivity contribution in [3.8, 4) is 0 Å². The Labute approximate surface area is 203 Å². The average molecular weight is 457 g/mol. The van der Waals surface area contributed by atoms with E-state index in [1.807, 2.05) is 0 Å². The number of rotatable bonds is 0. The van der Waals surface area contributed by atoms with Crippen molar-refractivity contribution in [3.63, 3.8) is 0 Å². The maximum Gasteiger partial charge on any atom is 4.00 e. The van der Waals surface area contributed by atoms with Gasteiger partial charge >= 0.3 is 21.7 Å². The SMILES string of the molecule is [C-]1=C2CCCCC2c2ccccc21.[C-]1=C2CCCCC2c2ccccc21.[Cl-].[Cl-].[Ti+4]. The predicted molar refractivity (Wildman–Crippen MR) is 107 cm³/mol. The van der Waals surface area contributed by atoms with Crippen molar-refractivity contribution in [2.75, 3.05) is 0 Å². The van der Waals surface area contributed by atoms with Gasteiger partial charge in [-0.1, -0.05) is 62.5 Å². The Morgan fingerprint density at radius 1 is 0.586 bits per heavy atom. The second-order valence-electron chi connectivity index (χ2n) is 8.07. The molecule has 0 aromatic heterocycles. The fraction of sp³-hybridized carbons (Fsp3) is 0.385. The fourth-order valence-corrected chi connectivity index (χ4v) is 5.19. The second-order valence-corrected chi connectivity index (χ2v) is 8.07. The first-order valence-electron chi connectivity index (χ1n) is 10.3. The van der Waals surface area contributed by atoms with Crippen molar-refractivity contribution < 1.29 is 46.5 Å². The first-order chi connectivity index (χ1) is 12.9. The van der Waals surface area contributed by atoms with Crippen LogP contribution in [0.25, 0.3) is 0 Å². The second kappa shape index (κ2) is 11.0. The van der Waals surface area contributed by atoms with Crippen molar-refractivity contribution in [1.82, 2.24) is 0 Å². The first-order valence-corrected chi connectivity index (χ1v) is 10.3. The summed E-state index contributed by atoms with van der Waals surface area (Å²) in [5.41, 5.74) is 8.88. The van der Waals surface area contributed by atoms with E-state index in [-0.39, 0.29) is 46.5 Å². The van der Waals surface area contributed by atoms with Gasteiger partial charge in [-0.3, -0.25) is 0 Å². The normalized spacial score (nSPS) is 22.3. The van der Waals surface area contributed by atoms with Gasteiger partial charge in [-0.05, 0) is 12.8 Å². The predicted octanol–water partition coefficient (Wildman–Crippen LogP) is 0.876. The van der Waals surface area contributed by atoms with Crippen molar-refractivity contribution in [1.29, 1.82) is 0 Å². The van der Waals surface area contributed by atoms with E-state index in [9.17, 15) is 0 Å². The fourth-order valence-electron chi connectivity index (χ4n) is 5.19. The van der Waals surface area contributed by atoms with Crippen molar-refractivity contribution in [2.24, 2.45) is 0 Å². The van der Waals surface area contributed by atoms with E-state index in [1.165, 1.54) is 73.6 Å². The Morgan fingerprint density at radius 2 is 1.00 bits per heavy atom. The largest absolute Gasteiger partial charge is 4.00 e. The molecule has 6 rings (SSSR count). The van der Waals surface area contributed by atoms with Gasteiger partial charge in [-0.25, -0.2) is 0 Å². The van der Waals surface area contributed by atoms with Crippen LogP contribution in [0.1, 0.15) is 85.5 Å². The zero-order valence-electron chi connectivity index (χ0n) is 16.7. The molecule has 2 aromatic carbocycles. The number of halogens is 2. The van der Waals surface area contributed by atoms with Crippen LogP contribution < -0.4 is 24.8 Å². The van der Waals surface area contributed by atoms with E-state index in [4.69, 9.17) is 0 Å². The molecule has 0 saturated heterocycles. The Bertz CT molecular complexity index is 810. The molecular weight excluding hydrogens is 431 g/mol. The molecule has 4 aliphatic rings. The van der Waals surface area contributed by atoms with Gasteiger partial charge in [0.15, 0.2) is 0 Å². The van der Waals surface area contributed by atoms with E-state index in [1.54, 1.807) is 11.1 Å². The van der Waals surface area contributed by atoms with Crippen LogP contribution in [0.2, 0.25) is 0 Å². The standard InChI is InChI=1S/2C13H13.2ClH.Ti/c2*1-3-7-12-10(5-1)9-11-6-2-4-8-13(11)12;;;/h2*1,3,5,7,13H,2,4,6,8H2;2*1H;/q2*-1;;;+4/p-2. The molecule has 148 valence electrons. The van der Waals surface area contributed by atoms with Crippen LogP contribution >= 0.6 is 0 Å². The maximum atomic E-state index is 3.55. The summed E-state index contributed by atoms with van der Waals surface area (Å²) in [6, 6.07) is 17.5. The molecule has 2 atom stereocenters. The summed E-state index contributed by atoms with van der Waals surface area (Å²) in [4.78, 5) is 0. The molecule has 2 fully saturated rings. The van der Waals surface area contributed by atoms with Gasteiger partial charge < -0.3 is 24.8 Å². The number of hydrogen-bond acceptors (Lipinski definition) is 0. The molecule has 0 aliphatic heterocycles. The van der Waals surface area contributed by atoms with Crippen LogP contribution in [0.5, 0.6) is 0 Å². The van der Waals surface area contributed by atoms with Crippen molar-refractivity contribution in [2.45, 2.75) is 63.2 Å². The number of hydrogen-bond donors (Lipinski definition) is 0. The molecule has 29 heavy (non-hydrogen) atoms. The van der Waals surface area contributed by atoms with E-state index < -0.39 is 0 Å². The summed E-state index contributed by atoms with van der Waals surface area (Å²) >= 11 is 0. The summed E-state index contributed by atoms with van der Waals surface area (Å²) in [6.07, 6.45) is 17.9. The van der Waals surface area contributed by atoms with E-state index in [2.05, 4.69) is 60.7 Å². The summed E-state index contributed by atoms with van der Waals surface area (Å²) in [7, 11) is 0. The van der Waals surface area contributed by atoms with Gasteiger partial charge in [0, 0.05) is 0 Å². The molecule has 0 heterocycles. The Morgan fingerprint density at radius 3 is 1.45 bits per heavy atom. The Hall–Kier alpha value is -0.786. The molecule has 2 saturated carbocycles. The van der Waals surface area contributed by atoms with E-state index >= 15 is 0 Å². The van der Waals surface area contributed by atoms with Gasteiger partial charge in [0.05, 0.1) is 0 Å². The third-order valence-corrected chi connectivity index (χ3v) is 6.48. The van der Waals surface area contributed by atoms with Crippen LogP contribution in [0, 0.1) is 12.2 Å². The summed E-state index contributed by atoms with van der Waals surface area (Å²) in [6.45, 7) is 0. The Kier molecular flexibility index (Phi) is 9.30. The minimum absolute atomic E-state index is 0. The molecule has 0 N–H and O–H groups in total. The van der Waals surface area contributed by atoms with E-state index in [0.717, 1.165) is 11.8 Å². The van der Waals surface area contributed by atoms with Crippen molar-refractivity contribution >= 4 is 0 Å². The number of fused-ring (bicyclic) bond motifs is 6. The third kappa shape index (κ3) is 4.93. The van der Waals surface area contributed by atoms with Gasteiger partial charge in [0.25, 0.3) is 0 Å². The third-order valence-electron chi connectivity index (χ3n) is 6.48. The van der Waals surface area contributed by atoms with Crippen LogP contribution in [0.15, 0.2) is 59.7 Å². The zero-order valence-corrected chi connectivity index (χ0v) is 19.8. The molecule has 2 aromatic rings. The minimum atomic E-state index is 0. The topological polar surface area (TPSA) is 0 Å². The molecule has 0 bridgehead atoms. The molecular formula is C26H26Cl2Ti. The van der Waals surface area contributed by atoms with Crippen molar-refractivity contribution in [3.05, 3.63) is 94.1 Å².